The maximum atomic E-state index is 2.58. The summed E-state index contributed by atoms with van der Waals surface area (Å²) in [4.78, 5) is 0. The largest absolute Gasteiger partial charge is 0.0772 e. The summed E-state index contributed by atoms with van der Waals surface area (Å²) < 4.78 is 0. The van der Waals surface area contributed by atoms with Crippen molar-refractivity contribution in [3.05, 3.63) is 188 Å². The third-order valence-corrected chi connectivity index (χ3v) is 13.4. The van der Waals surface area contributed by atoms with Gasteiger partial charge in [0.1, 0.15) is 0 Å². The van der Waals surface area contributed by atoms with Crippen molar-refractivity contribution in [3.63, 3.8) is 0 Å². The molecule has 1 heterocycles. The molecule has 10 aromatic carbocycles. The molecule has 0 bridgehead atoms. The third kappa shape index (κ3) is 4.34. The van der Waals surface area contributed by atoms with Crippen LogP contribution in [0.3, 0.4) is 0 Å². The van der Waals surface area contributed by atoms with Crippen molar-refractivity contribution in [2.45, 2.75) is 0 Å². The number of hydrogen-bond donors (Lipinski definition) is 0. The fourth-order valence-electron chi connectivity index (χ4n) is 8.62. The molecule has 0 nitrogen and oxygen atoms in total. The Balaban J connectivity index is 1.38. The molecule has 51 heavy (non-hydrogen) atoms. The van der Waals surface area contributed by atoms with E-state index in [2.05, 4.69) is 188 Å². The van der Waals surface area contributed by atoms with Gasteiger partial charge in [0.05, 0.1) is 0 Å². The van der Waals surface area contributed by atoms with Crippen molar-refractivity contribution in [1.82, 2.24) is 0 Å². The third-order valence-electron chi connectivity index (χ3n) is 10.9. The molecule has 11 rings (SSSR count). The minimum absolute atomic E-state index is 0.759. The second kappa shape index (κ2) is 11.2. The molecule has 1 aromatic heterocycles. The molecule has 0 amide bonds. The van der Waals surface area contributed by atoms with Crippen LogP contribution in [0, 0.1) is 0 Å². The van der Waals surface area contributed by atoms with Gasteiger partial charge < -0.3 is 0 Å². The van der Waals surface area contributed by atoms with E-state index in [1.165, 1.54) is 102 Å². The molecule has 0 N–H and O–H groups in total. The lowest BCUT2D eigenvalue weighted by atomic mass is 9.84. The Bertz CT molecular complexity index is 3180. The normalized spacial score (nSPS) is 12.3. The predicted molar refractivity (Wildman–Crippen MR) is 224 cm³/mol. The average Bonchev–Trinajstić information content (AvgIpc) is 3.52. The molecule has 0 spiro atoms. The van der Waals surface area contributed by atoms with Crippen LogP contribution in [0.15, 0.2) is 188 Å². The standard InChI is InChI=1S/C50H31P/c1-2-17-39(18-3-1)51-46-27-26-34-14-8-9-19-40(34)50(46)45-30-43-44(31-47(45)51)49(38-25-23-33-13-5-7-16-36(33)29-38)42-21-11-10-20-41(42)48(43)37-24-22-32-12-4-6-15-35(32)28-37/h1-31H. The van der Waals surface area contributed by atoms with Crippen molar-refractivity contribution in [3.8, 4) is 27.6 Å². The quantitative estimate of drug-likeness (QED) is 0.165. The summed E-state index contributed by atoms with van der Waals surface area (Å²) in [6.07, 6.45) is 0. The van der Waals surface area contributed by atoms with E-state index in [1.54, 1.807) is 0 Å². The van der Waals surface area contributed by atoms with Crippen molar-refractivity contribution in [2.24, 2.45) is 0 Å². The summed E-state index contributed by atoms with van der Waals surface area (Å²) in [6.45, 7) is 0. The molecule has 0 fully saturated rings. The summed E-state index contributed by atoms with van der Waals surface area (Å²) in [5, 5.41) is 19.9. The van der Waals surface area contributed by atoms with Gasteiger partial charge in [-0.15, -0.1) is 0 Å². The minimum Gasteiger partial charge on any atom is -0.0772 e. The Kier molecular flexibility index (Phi) is 6.26. The predicted octanol–water partition coefficient (Wildman–Crippen LogP) is 15.1. The van der Waals surface area contributed by atoms with Gasteiger partial charge in [0.15, 0.2) is 0 Å². The lowest BCUT2D eigenvalue weighted by Crippen LogP contribution is -1.91. The zero-order valence-corrected chi connectivity index (χ0v) is 28.7. The lowest BCUT2D eigenvalue weighted by Gasteiger charge is -2.19. The van der Waals surface area contributed by atoms with Crippen molar-refractivity contribution in [2.75, 3.05) is 0 Å². The van der Waals surface area contributed by atoms with Crippen LogP contribution in [0.4, 0.5) is 0 Å². The first-order valence-electron chi connectivity index (χ1n) is 17.7. The fraction of sp³-hybridized carbons (Fsp3) is 0. The number of hydrogen-bond acceptors (Lipinski definition) is 0. The van der Waals surface area contributed by atoms with Crippen LogP contribution in [-0.2, 0) is 0 Å². The highest BCUT2D eigenvalue weighted by molar-refractivity contribution is 7.68. The first-order chi connectivity index (χ1) is 25.3. The van der Waals surface area contributed by atoms with Gasteiger partial charge in [0.2, 0.25) is 0 Å². The lowest BCUT2D eigenvalue weighted by molar-refractivity contribution is 1.69. The van der Waals surface area contributed by atoms with E-state index in [0.29, 0.717) is 0 Å². The molecule has 236 valence electrons. The van der Waals surface area contributed by atoms with Gasteiger partial charge in [0.25, 0.3) is 0 Å². The Labute approximate surface area is 296 Å². The molecular weight excluding hydrogens is 632 g/mol. The molecule has 1 heteroatoms. The van der Waals surface area contributed by atoms with Crippen molar-refractivity contribution in [1.29, 1.82) is 0 Å². The molecule has 1 atom stereocenters. The van der Waals surface area contributed by atoms with Crippen molar-refractivity contribution < 1.29 is 0 Å². The van der Waals surface area contributed by atoms with Gasteiger partial charge >= 0.3 is 0 Å². The van der Waals surface area contributed by atoms with Gasteiger partial charge in [0, 0.05) is 15.6 Å². The highest BCUT2D eigenvalue weighted by Crippen LogP contribution is 2.58. The maximum absolute atomic E-state index is 2.58. The Hall–Kier alpha value is -6.20. The summed E-state index contributed by atoms with van der Waals surface area (Å²) in [7, 11) is -0.759. The maximum Gasteiger partial charge on any atom is 0.00751 e. The van der Waals surface area contributed by atoms with Crippen LogP contribution >= 0.6 is 7.53 Å². The van der Waals surface area contributed by atoms with E-state index >= 15 is 0 Å². The van der Waals surface area contributed by atoms with E-state index in [1.807, 2.05) is 0 Å². The second-order valence-corrected chi connectivity index (χ2v) is 15.8. The van der Waals surface area contributed by atoms with Gasteiger partial charge in [-0.1, -0.05) is 165 Å². The zero-order valence-electron chi connectivity index (χ0n) is 27.8. The van der Waals surface area contributed by atoms with Gasteiger partial charge in [-0.3, -0.25) is 0 Å². The molecular formula is C50H31P. The molecule has 11 aromatic rings. The summed E-state index contributed by atoms with van der Waals surface area (Å²) >= 11 is 0. The number of fused-ring (bicyclic) bond motifs is 9. The smallest absolute Gasteiger partial charge is 0.00751 e. The highest BCUT2D eigenvalue weighted by atomic mass is 31.1. The van der Waals surface area contributed by atoms with Crippen LogP contribution in [0.2, 0.25) is 0 Å². The molecule has 0 saturated heterocycles. The molecule has 0 aliphatic heterocycles. The van der Waals surface area contributed by atoms with Crippen LogP contribution < -0.4 is 0 Å². The molecule has 0 saturated carbocycles. The molecule has 0 radical (unpaired) electrons. The number of rotatable bonds is 3. The van der Waals surface area contributed by atoms with Gasteiger partial charge in [-0.25, -0.2) is 0 Å². The molecule has 0 aliphatic rings. The van der Waals surface area contributed by atoms with E-state index in [-0.39, 0.29) is 0 Å². The molecule has 0 aliphatic carbocycles. The van der Waals surface area contributed by atoms with Crippen LogP contribution in [-0.4, -0.2) is 0 Å². The van der Waals surface area contributed by atoms with Crippen LogP contribution in [0.5, 0.6) is 0 Å². The first-order valence-corrected chi connectivity index (χ1v) is 19.0. The van der Waals surface area contributed by atoms with Gasteiger partial charge in [-0.05, 0) is 117 Å². The Morgan fingerprint density at radius 1 is 0.275 bits per heavy atom. The van der Waals surface area contributed by atoms with E-state index in [0.717, 1.165) is 0 Å². The zero-order chi connectivity index (χ0) is 33.5. The van der Waals surface area contributed by atoms with E-state index in [9.17, 15) is 0 Å². The molecule has 1 unspecified atom stereocenters. The Morgan fingerprint density at radius 3 is 1.39 bits per heavy atom. The van der Waals surface area contributed by atoms with Crippen LogP contribution in [0.25, 0.3) is 102 Å². The van der Waals surface area contributed by atoms with Crippen molar-refractivity contribution >= 4 is 82.4 Å². The average molecular weight is 663 g/mol. The van der Waals surface area contributed by atoms with Crippen LogP contribution in [0.1, 0.15) is 0 Å². The van der Waals surface area contributed by atoms with E-state index < -0.39 is 7.53 Å². The van der Waals surface area contributed by atoms with E-state index in [4.69, 9.17) is 0 Å². The van der Waals surface area contributed by atoms with Gasteiger partial charge in [-0.2, -0.15) is 0 Å². The fourth-order valence-corrected chi connectivity index (χ4v) is 11.3. The minimum atomic E-state index is -0.759. The highest BCUT2D eigenvalue weighted by Gasteiger charge is 2.22. The second-order valence-electron chi connectivity index (χ2n) is 13.7. The summed E-state index contributed by atoms with van der Waals surface area (Å²) in [6, 6.07) is 70.5. The summed E-state index contributed by atoms with van der Waals surface area (Å²) in [5.41, 5.74) is 5.12. The Morgan fingerprint density at radius 2 is 0.765 bits per heavy atom. The topological polar surface area (TPSA) is 0 Å². The first kappa shape index (κ1) is 28.6. The SMILES string of the molecule is c1ccc(-p2c3cc4c(-c5ccc6ccccc6c5)c5ccccc5c(-c5ccc6ccccc6c5)c4cc3c3c4ccccc4ccc32)cc1. The summed E-state index contributed by atoms with van der Waals surface area (Å²) in [5.74, 6) is 0. The monoisotopic (exact) mass is 662 g/mol. The number of benzene rings is 10.